The largest absolute Gasteiger partial charge is 0.481 e. The Balaban J connectivity index is 2.80. The maximum atomic E-state index is 11.7. The van der Waals surface area contributed by atoms with Crippen LogP contribution in [-0.4, -0.2) is 31.0 Å². The molecule has 1 aromatic rings. The number of aliphatic carboxylic acids is 1. The second kappa shape index (κ2) is 6.65. The van der Waals surface area contributed by atoms with Crippen LogP contribution in [0, 0.1) is 0 Å². The van der Waals surface area contributed by atoms with Crippen LogP contribution in [0.25, 0.3) is 0 Å². The topological polar surface area (TPSA) is 83.5 Å². The summed E-state index contributed by atoms with van der Waals surface area (Å²) in [4.78, 5) is 11.2. The summed E-state index contributed by atoms with van der Waals surface area (Å²) in [6.45, 7) is 1.97. The smallest absolute Gasteiger partial charge is 0.304 e. The highest BCUT2D eigenvalue weighted by molar-refractivity contribution is 7.99. The maximum absolute atomic E-state index is 11.7. The van der Waals surface area contributed by atoms with Crippen LogP contribution in [0.4, 0.5) is 5.69 Å². The van der Waals surface area contributed by atoms with Gasteiger partial charge >= 0.3 is 5.97 Å². The van der Waals surface area contributed by atoms with E-state index in [-0.39, 0.29) is 0 Å². The summed E-state index contributed by atoms with van der Waals surface area (Å²) in [6, 6.07) is 7.04. The second-order valence-electron chi connectivity index (χ2n) is 3.49. The Morgan fingerprint density at radius 2 is 2.06 bits per heavy atom. The van der Waals surface area contributed by atoms with Crippen molar-refractivity contribution in [3.63, 3.8) is 0 Å². The van der Waals surface area contributed by atoms with Crippen molar-refractivity contribution in [3.05, 3.63) is 24.3 Å². The monoisotopic (exact) mass is 289 g/mol. The molecule has 0 aliphatic heterocycles. The van der Waals surface area contributed by atoms with Crippen molar-refractivity contribution in [1.82, 2.24) is 0 Å². The van der Waals surface area contributed by atoms with Crippen LogP contribution in [0.15, 0.2) is 29.2 Å². The van der Waals surface area contributed by atoms with Crippen LogP contribution in [0.1, 0.15) is 13.3 Å². The molecule has 0 amide bonds. The fourth-order valence-electron chi connectivity index (χ4n) is 1.27. The summed E-state index contributed by atoms with van der Waals surface area (Å²) in [5, 5.41) is 8.49. The van der Waals surface area contributed by atoms with Gasteiger partial charge in [-0.25, -0.2) is 8.42 Å². The molecule has 0 radical (unpaired) electrons. The lowest BCUT2D eigenvalue weighted by Gasteiger charge is -2.11. The zero-order valence-electron chi connectivity index (χ0n) is 9.92. The van der Waals surface area contributed by atoms with Crippen LogP contribution in [-0.2, 0) is 14.8 Å². The van der Waals surface area contributed by atoms with Crippen molar-refractivity contribution < 1.29 is 18.3 Å². The van der Waals surface area contributed by atoms with Gasteiger partial charge in [0.2, 0.25) is 10.0 Å². The standard InChI is InChI=1S/C11H15NO4S2/c1-2-17-10-6-4-3-5-9(10)12-18(15,16)8-7-11(13)14/h3-6,12H,2,7-8H2,1H3,(H,13,14). The van der Waals surface area contributed by atoms with Crippen molar-refractivity contribution in [2.45, 2.75) is 18.2 Å². The number of para-hydroxylation sites is 1. The first-order valence-corrected chi connectivity index (χ1v) is 8.02. The molecule has 0 saturated heterocycles. The Hall–Kier alpha value is -1.21. The first-order valence-electron chi connectivity index (χ1n) is 5.38. The molecule has 2 N–H and O–H groups in total. The molecule has 0 spiro atoms. The molecule has 100 valence electrons. The molecule has 0 atom stereocenters. The molecule has 1 aromatic carbocycles. The van der Waals surface area contributed by atoms with E-state index in [1.165, 1.54) is 11.8 Å². The molecule has 0 fully saturated rings. The predicted octanol–water partition coefficient (Wildman–Crippen LogP) is 2.01. The van der Waals surface area contributed by atoms with E-state index in [0.29, 0.717) is 5.69 Å². The van der Waals surface area contributed by atoms with Crippen LogP contribution < -0.4 is 4.72 Å². The first kappa shape index (κ1) is 14.8. The molecule has 18 heavy (non-hydrogen) atoms. The number of hydrogen-bond donors (Lipinski definition) is 2. The molecule has 1 rings (SSSR count). The zero-order chi connectivity index (χ0) is 13.6. The summed E-state index contributed by atoms with van der Waals surface area (Å²) < 4.78 is 25.8. The zero-order valence-corrected chi connectivity index (χ0v) is 11.6. The van der Waals surface area contributed by atoms with E-state index >= 15 is 0 Å². The Morgan fingerprint density at radius 3 is 2.67 bits per heavy atom. The molecule has 0 aliphatic carbocycles. The molecule has 7 heteroatoms. The van der Waals surface area contributed by atoms with Gasteiger partial charge in [0.15, 0.2) is 0 Å². The van der Waals surface area contributed by atoms with E-state index in [0.717, 1.165) is 10.6 Å². The molecule has 0 saturated carbocycles. The van der Waals surface area contributed by atoms with Gasteiger partial charge < -0.3 is 5.11 Å². The Kier molecular flexibility index (Phi) is 5.49. The maximum Gasteiger partial charge on any atom is 0.304 e. The lowest BCUT2D eigenvalue weighted by molar-refractivity contribution is -0.136. The summed E-state index contributed by atoms with van der Waals surface area (Å²) in [5.74, 6) is -0.724. The average Bonchev–Trinajstić information content (AvgIpc) is 2.29. The van der Waals surface area contributed by atoms with E-state index in [1.54, 1.807) is 12.1 Å². The number of benzene rings is 1. The quantitative estimate of drug-likeness (QED) is 0.750. The van der Waals surface area contributed by atoms with Gasteiger partial charge in [0, 0.05) is 4.90 Å². The van der Waals surface area contributed by atoms with Crippen molar-refractivity contribution in [1.29, 1.82) is 0 Å². The third-order valence-corrected chi connectivity index (χ3v) is 4.27. The SMILES string of the molecule is CCSc1ccccc1NS(=O)(=O)CCC(=O)O. The number of anilines is 1. The summed E-state index contributed by atoms with van der Waals surface area (Å²) in [7, 11) is -3.61. The van der Waals surface area contributed by atoms with Crippen molar-refractivity contribution in [2.24, 2.45) is 0 Å². The van der Waals surface area contributed by atoms with Crippen molar-refractivity contribution in [3.8, 4) is 0 Å². The van der Waals surface area contributed by atoms with Gasteiger partial charge in [-0.2, -0.15) is 0 Å². The fraction of sp³-hybridized carbons (Fsp3) is 0.364. The number of hydrogen-bond acceptors (Lipinski definition) is 4. The first-order chi connectivity index (χ1) is 8.44. The van der Waals surface area contributed by atoms with Gasteiger partial charge in [-0.05, 0) is 17.9 Å². The van der Waals surface area contributed by atoms with Gasteiger partial charge in [0.05, 0.1) is 17.9 Å². The molecule has 0 aliphatic rings. The van der Waals surface area contributed by atoms with Crippen LogP contribution in [0.3, 0.4) is 0 Å². The van der Waals surface area contributed by atoms with E-state index in [4.69, 9.17) is 5.11 Å². The highest BCUT2D eigenvalue weighted by Crippen LogP contribution is 2.27. The molecule has 5 nitrogen and oxygen atoms in total. The molecular formula is C11H15NO4S2. The fourth-order valence-corrected chi connectivity index (χ4v) is 3.16. The average molecular weight is 289 g/mol. The van der Waals surface area contributed by atoms with E-state index in [9.17, 15) is 13.2 Å². The van der Waals surface area contributed by atoms with Gasteiger partial charge in [0.25, 0.3) is 0 Å². The molecular weight excluding hydrogens is 274 g/mol. The minimum absolute atomic E-state index is 0.404. The second-order valence-corrected chi connectivity index (χ2v) is 6.64. The lowest BCUT2D eigenvalue weighted by Crippen LogP contribution is -2.19. The minimum Gasteiger partial charge on any atom is -0.481 e. The van der Waals surface area contributed by atoms with Gasteiger partial charge in [-0.3, -0.25) is 9.52 Å². The van der Waals surface area contributed by atoms with Crippen LogP contribution >= 0.6 is 11.8 Å². The molecule has 0 unspecified atom stereocenters. The molecule has 0 bridgehead atoms. The molecule has 0 aromatic heterocycles. The number of nitrogens with one attached hydrogen (secondary N) is 1. The highest BCUT2D eigenvalue weighted by Gasteiger charge is 2.14. The minimum atomic E-state index is -3.61. The normalized spacial score (nSPS) is 11.2. The van der Waals surface area contributed by atoms with Crippen molar-refractivity contribution in [2.75, 3.05) is 16.2 Å². The van der Waals surface area contributed by atoms with E-state index in [2.05, 4.69) is 4.72 Å². The predicted molar refractivity (Wildman–Crippen MR) is 72.5 cm³/mol. The Bertz CT molecular complexity index is 514. The van der Waals surface area contributed by atoms with Gasteiger partial charge in [-0.1, -0.05) is 19.1 Å². The van der Waals surface area contributed by atoms with Crippen molar-refractivity contribution >= 4 is 33.4 Å². The summed E-state index contributed by atoms with van der Waals surface area (Å²) >= 11 is 1.52. The third kappa shape index (κ3) is 4.97. The summed E-state index contributed by atoms with van der Waals surface area (Å²) in [5.41, 5.74) is 0.495. The number of rotatable bonds is 7. The van der Waals surface area contributed by atoms with E-state index < -0.39 is 28.2 Å². The number of carboxylic acids is 1. The third-order valence-electron chi connectivity index (χ3n) is 2.04. The summed E-state index contributed by atoms with van der Waals surface area (Å²) in [6.07, 6.45) is -0.404. The number of thioether (sulfide) groups is 1. The number of carbonyl (C=O) groups is 1. The van der Waals surface area contributed by atoms with Gasteiger partial charge in [-0.15, -0.1) is 11.8 Å². The number of sulfonamides is 1. The lowest BCUT2D eigenvalue weighted by atomic mass is 10.3. The van der Waals surface area contributed by atoms with E-state index in [1.807, 2.05) is 19.1 Å². The Morgan fingerprint density at radius 1 is 1.39 bits per heavy atom. The highest BCUT2D eigenvalue weighted by atomic mass is 32.2. The van der Waals surface area contributed by atoms with Crippen LogP contribution in [0.5, 0.6) is 0 Å². The van der Waals surface area contributed by atoms with Crippen LogP contribution in [0.2, 0.25) is 0 Å². The number of carboxylic acid groups (broad SMARTS) is 1. The molecule has 0 heterocycles. The van der Waals surface area contributed by atoms with Gasteiger partial charge in [0.1, 0.15) is 0 Å². The Labute approximate surface area is 111 Å².